The Morgan fingerprint density at radius 2 is 2.44 bits per heavy atom. The molecule has 18 heavy (non-hydrogen) atoms. The molecule has 1 aliphatic heterocycles. The summed E-state index contributed by atoms with van der Waals surface area (Å²) in [6.07, 6.45) is 4.10. The van der Waals surface area contributed by atoms with Crippen LogP contribution in [0.25, 0.3) is 0 Å². The first-order chi connectivity index (χ1) is 8.75. The van der Waals surface area contributed by atoms with Gasteiger partial charge in [-0.3, -0.25) is 0 Å². The van der Waals surface area contributed by atoms with Gasteiger partial charge in [-0.25, -0.2) is 9.67 Å². The lowest BCUT2D eigenvalue weighted by Gasteiger charge is -2.22. The van der Waals surface area contributed by atoms with Crippen LogP contribution in [0.15, 0.2) is 6.33 Å². The molecule has 1 aromatic heterocycles. The van der Waals surface area contributed by atoms with Crippen LogP contribution in [-0.2, 0) is 17.8 Å². The second-order valence-electron chi connectivity index (χ2n) is 5.47. The van der Waals surface area contributed by atoms with Crippen molar-refractivity contribution in [2.75, 3.05) is 19.8 Å². The minimum absolute atomic E-state index is 0.595. The van der Waals surface area contributed by atoms with Gasteiger partial charge in [0.25, 0.3) is 0 Å². The predicted octanol–water partition coefficient (Wildman–Crippen LogP) is 1.45. The van der Waals surface area contributed by atoms with Crippen molar-refractivity contribution in [3.63, 3.8) is 0 Å². The van der Waals surface area contributed by atoms with Gasteiger partial charge < -0.3 is 10.1 Å². The lowest BCUT2D eigenvalue weighted by Crippen LogP contribution is -2.29. The lowest BCUT2D eigenvalue weighted by molar-refractivity contribution is 0.0546. The third kappa shape index (κ3) is 4.07. The van der Waals surface area contributed by atoms with Gasteiger partial charge in [0.05, 0.1) is 13.2 Å². The molecule has 0 amide bonds. The maximum Gasteiger partial charge on any atom is 0.140 e. The molecule has 5 heteroatoms. The van der Waals surface area contributed by atoms with E-state index >= 15 is 0 Å². The number of nitrogens with zero attached hydrogens (tertiary/aromatic N) is 3. The molecule has 1 fully saturated rings. The summed E-state index contributed by atoms with van der Waals surface area (Å²) < 4.78 is 7.47. The van der Waals surface area contributed by atoms with E-state index in [1.807, 2.05) is 4.68 Å². The van der Waals surface area contributed by atoms with Crippen LogP contribution in [-0.4, -0.2) is 34.5 Å². The highest BCUT2D eigenvalue weighted by Crippen LogP contribution is 2.12. The van der Waals surface area contributed by atoms with Crippen molar-refractivity contribution in [2.45, 2.75) is 39.8 Å². The van der Waals surface area contributed by atoms with Gasteiger partial charge in [-0.1, -0.05) is 13.8 Å². The summed E-state index contributed by atoms with van der Waals surface area (Å²) in [6, 6.07) is 0. The van der Waals surface area contributed by atoms with Gasteiger partial charge in [0.1, 0.15) is 12.2 Å². The summed E-state index contributed by atoms with van der Waals surface area (Å²) in [5.74, 6) is 2.28. The largest absolute Gasteiger partial charge is 0.381 e. The predicted molar refractivity (Wildman–Crippen MR) is 70.1 cm³/mol. The number of hydrogen-bond acceptors (Lipinski definition) is 4. The molecule has 2 rings (SSSR count). The van der Waals surface area contributed by atoms with Gasteiger partial charge in [0.2, 0.25) is 0 Å². The maximum atomic E-state index is 5.47. The third-order valence-electron chi connectivity index (χ3n) is 3.20. The van der Waals surface area contributed by atoms with E-state index in [-0.39, 0.29) is 0 Å². The zero-order chi connectivity index (χ0) is 12.8. The van der Waals surface area contributed by atoms with Crippen LogP contribution in [0.3, 0.4) is 0 Å². The van der Waals surface area contributed by atoms with Crippen molar-refractivity contribution >= 4 is 0 Å². The fourth-order valence-electron chi connectivity index (χ4n) is 2.28. The monoisotopic (exact) mass is 252 g/mol. The Labute approximate surface area is 109 Å². The Morgan fingerprint density at radius 3 is 3.17 bits per heavy atom. The van der Waals surface area contributed by atoms with E-state index in [1.54, 1.807) is 6.33 Å². The van der Waals surface area contributed by atoms with Gasteiger partial charge in [-0.05, 0) is 24.7 Å². The summed E-state index contributed by atoms with van der Waals surface area (Å²) >= 11 is 0. The van der Waals surface area contributed by atoms with Crippen molar-refractivity contribution in [3.05, 3.63) is 12.2 Å². The molecular formula is C13H24N4O. The molecule has 1 aliphatic rings. The Kier molecular flexibility index (Phi) is 5.13. The van der Waals surface area contributed by atoms with Crippen LogP contribution in [0, 0.1) is 11.8 Å². The third-order valence-corrected chi connectivity index (χ3v) is 3.20. The second kappa shape index (κ2) is 6.85. The summed E-state index contributed by atoms with van der Waals surface area (Å²) in [7, 11) is 0. The van der Waals surface area contributed by atoms with E-state index < -0.39 is 0 Å². The zero-order valence-electron chi connectivity index (χ0n) is 11.4. The number of aromatic nitrogens is 3. The van der Waals surface area contributed by atoms with Gasteiger partial charge in [-0.15, -0.1) is 0 Å². The van der Waals surface area contributed by atoms with Gasteiger partial charge in [-0.2, -0.15) is 5.10 Å². The van der Waals surface area contributed by atoms with E-state index in [1.165, 1.54) is 12.8 Å². The number of ether oxygens (including phenoxy) is 1. The van der Waals surface area contributed by atoms with E-state index in [0.29, 0.717) is 11.8 Å². The van der Waals surface area contributed by atoms with E-state index in [4.69, 9.17) is 4.74 Å². The highest BCUT2D eigenvalue weighted by molar-refractivity contribution is 4.84. The first kappa shape index (κ1) is 13.5. The van der Waals surface area contributed by atoms with Crippen LogP contribution >= 0.6 is 0 Å². The molecule has 0 spiro atoms. The Balaban J connectivity index is 1.74. The Hall–Kier alpha value is -0.940. The molecule has 0 saturated carbocycles. The second-order valence-corrected chi connectivity index (χ2v) is 5.47. The molecule has 5 nitrogen and oxygen atoms in total. The molecule has 0 radical (unpaired) electrons. The summed E-state index contributed by atoms with van der Waals surface area (Å²) in [4.78, 5) is 4.31. The fraction of sp³-hybridized carbons (Fsp3) is 0.846. The van der Waals surface area contributed by atoms with Crippen LogP contribution in [0.1, 0.15) is 32.5 Å². The highest BCUT2D eigenvalue weighted by Gasteiger charge is 2.13. The molecule has 0 bridgehead atoms. The lowest BCUT2D eigenvalue weighted by atomic mass is 10.0. The minimum Gasteiger partial charge on any atom is -0.381 e. The molecule has 1 saturated heterocycles. The summed E-state index contributed by atoms with van der Waals surface area (Å²) in [5.41, 5.74) is 0. The normalized spacial score (nSPS) is 20.5. The van der Waals surface area contributed by atoms with Crippen LogP contribution in [0.5, 0.6) is 0 Å². The number of hydrogen-bond donors (Lipinski definition) is 1. The first-order valence-electron chi connectivity index (χ1n) is 6.91. The standard InChI is InChI=1S/C13H24N4O/c1-11(2)8-17-13(15-10-16-17)7-14-6-12-4-3-5-18-9-12/h10-12,14H,3-9H2,1-2H3. The minimum atomic E-state index is 0.595. The smallest absolute Gasteiger partial charge is 0.140 e. The molecule has 1 aromatic rings. The quantitative estimate of drug-likeness (QED) is 0.832. The zero-order valence-corrected chi connectivity index (χ0v) is 11.4. The first-order valence-corrected chi connectivity index (χ1v) is 6.91. The average molecular weight is 252 g/mol. The SMILES string of the molecule is CC(C)Cn1ncnc1CNCC1CCCOC1. The average Bonchev–Trinajstić information content (AvgIpc) is 2.77. The molecule has 1 atom stereocenters. The van der Waals surface area contributed by atoms with Crippen LogP contribution in [0.2, 0.25) is 0 Å². The molecule has 1 N–H and O–H groups in total. The molecule has 2 heterocycles. The van der Waals surface area contributed by atoms with Crippen molar-refractivity contribution in [1.82, 2.24) is 20.1 Å². The summed E-state index contributed by atoms with van der Waals surface area (Å²) in [6.45, 7) is 8.95. The molecular weight excluding hydrogens is 228 g/mol. The van der Waals surface area contributed by atoms with E-state index in [9.17, 15) is 0 Å². The van der Waals surface area contributed by atoms with Crippen molar-refractivity contribution in [3.8, 4) is 0 Å². The fourth-order valence-corrected chi connectivity index (χ4v) is 2.28. The van der Waals surface area contributed by atoms with Crippen molar-refractivity contribution in [1.29, 1.82) is 0 Å². The van der Waals surface area contributed by atoms with E-state index in [2.05, 4.69) is 29.2 Å². The number of nitrogens with one attached hydrogen (secondary N) is 1. The highest BCUT2D eigenvalue weighted by atomic mass is 16.5. The van der Waals surface area contributed by atoms with Crippen molar-refractivity contribution in [2.24, 2.45) is 11.8 Å². The molecule has 0 aliphatic carbocycles. The Bertz CT molecular complexity index is 345. The van der Waals surface area contributed by atoms with Gasteiger partial charge in [0.15, 0.2) is 0 Å². The van der Waals surface area contributed by atoms with Crippen LogP contribution < -0.4 is 5.32 Å². The number of rotatable bonds is 6. The molecule has 102 valence electrons. The molecule has 0 aromatic carbocycles. The van der Waals surface area contributed by atoms with Gasteiger partial charge in [0, 0.05) is 19.7 Å². The van der Waals surface area contributed by atoms with E-state index in [0.717, 1.165) is 38.7 Å². The Morgan fingerprint density at radius 1 is 1.56 bits per heavy atom. The summed E-state index contributed by atoms with van der Waals surface area (Å²) in [5, 5.41) is 7.73. The topological polar surface area (TPSA) is 52.0 Å². The van der Waals surface area contributed by atoms with Crippen LogP contribution in [0.4, 0.5) is 0 Å². The molecule has 1 unspecified atom stereocenters. The van der Waals surface area contributed by atoms with Crippen molar-refractivity contribution < 1.29 is 4.74 Å². The van der Waals surface area contributed by atoms with Gasteiger partial charge >= 0.3 is 0 Å². The maximum absolute atomic E-state index is 5.47.